The molecule has 0 saturated heterocycles. The van der Waals surface area contributed by atoms with Gasteiger partial charge in [-0.15, -0.1) is 11.3 Å². The highest BCUT2D eigenvalue weighted by molar-refractivity contribution is 7.89. The Morgan fingerprint density at radius 1 is 1.36 bits per heavy atom. The summed E-state index contributed by atoms with van der Waals surface area (Å²) in [7, 11) is -3.82. The number of aromatic nitrogens is 1. The molecule has 0 saturated carbocycles. The van der Waals surface area contributed by atoms with E-state index >= 15 is 0 Å². The van der Waals surface area contributed by atoms with Crippen LogP contribution in [0.1, 0.15) is 29.4 Å². The number of anilines is 1. The van der Waals surface area contributed by atoms with Crippen molar-refractivity contribution < 1.29 is 22.7 Å². The molecule has 9 nitrogen and oxygen atoms in total. The van der Waals surface area contributed by atoms with E-state index in [4.69, 9.17) is 10.00 Å². The maximum atomic E-state index is 12.4. The topological polar surface area (TPSA) is 138 Å². The van der Waals surface area contributed by atoms with Crippen molar-refractivity contribution in [2.45, 2.75) is 24.7 Å². The van der Waals surface area contributed by atoms with Gasteiger partial charge in [-0.25, -0.2) is 18.1 Å². The number of benzene rings is 1. The quantitative estimate of drug-likeness (QED) is 0.463. The van der Waals surface area contributed by atoms with Crippen LogP contribution in [0.3, 0.4) is 0 Å². The number of rotatable bonds is 9. The molecule has 0 aliphatic heterocycles. The van der Waals surface area contributed by atoms with Gasteiger partial charge in [-0.2, -0.15) is 5.26 Å². The lowest BCUT2D eigenvalue weighted by Crippen LogP contribution is -2.25. The predicted octanol–water partition coefficient (Wildman–Crippen LogP) is 1.69. The minimum absolute atomic E-state index is 0.00229. The molecular weight excluding hydrogens is 404 g/mol. The van der Waals surface area contributed by atoms with Crippen LogP contribution in [0.25, 0.3) is 0 Å². The summed E-state index contributed by atoms with van der Waals surface area (Å²) in [5.41, 5.74) is 0.599. The van der Waals surface area contributed by atoms with Crippen molar-refractivity contribution >= 4 is 38.4 Å². The molecule has 0 spiro atoms. The maximum Gasteiger partial charge on any atom is 0.311 e. The van der Waals surface area contributed by atoms with Crippen LogP contribution in [-0.4, -0.2) is 38.4 Å². The van der Waals surface area contributed by atoms with Crippen molar-refractivity contribution in [2.24, 2.45) is 0 Å². The summed E-state index contributed by atoms with van der Waals surface area (Å²) < 4.78 is 31.5. The molecule has 0 atom stereocenters. The van der Waals surface area contributed by atoms with Crippen molar-refractivity contribution in [3.05, 3.63) is 40.9 Å². The molecular formula is C17H18N4O5S2. The summed E-state index contributed by atoms with van der Waals surface area (Å²) in [5.74, 6) is -0.946. The Hall–Kier alpha value is -2.81. The van der Waals surface area contributed by atoms with E-state index < -0.39 is 21.9 Å². The van der Waals surface area contributed by atoms with Gasteiger partial charge >= 0.3 is 5.97 Å². The highest BCUT2D eigenvalue weighted by Crippen LogP contribution is 2.18. The van der Waals surface area contributed by atoms with E-state index in [1.54, 1.807) is 12.3 Å². The Bertz CT molecular complexity index is 995. The molecule has 1 heterocycles. The number of nitrogens with one attached hydrogen (secondary N) is 2. The summed E-state index contributed by atoms with van der Waals surface area (Å²) in [4.78, 5) is 27.9. The van der Waals surface area contributed by atoms with Crippen LogP contribution in [-0.2, 0) is 26.0 Å². The smallest absolute Gasteiger partial charge is 0.311 e. The lowest BCUT2D eigenvalue weighted by Gasteiger charge is -2.07. The molecule has 0 fully saturated rings. The third kappa shape index (κ3) is 6.12. The number of carbonyl (C=O) groups excluding carboxylic acids is 2. The zero-order valence-corrected chi connectivity index (χ0v) is 16.6. The summed E-state index contributed by atoms with van der Waals surface area (Å²) in [6, 6.07) is 7.35. The number of esters is 1. The van der Waals surface area contributed by atoms with E-state index in [1.807, 2.05) is 6.07 Å². The lowest BCUT2D eigenvalue weighted by atomic mass is 10.2. The molecule has 28 heavy (non-hydrogen) atoms. The first-order valence-electron chi connectivity index (χ1n) is 8.23. The molecule has 1 aromatic carbocycles. The van der Waals surface area contributed by atoms with Gasteiger partial charge in [0.1, 0.15) is 0 Å². The third-order valence-corrected chi connectivity index (χ3v) is 5.60. The van der Waals surface area contributed by atoms with Gasteiger partial charge in [0.25, 0.3) is 5.91 Å². The molecule has 0 aliphatic carbocycles. The van der Waals surface area contributed by atoms with Crippen LogP contribution < -0.4 is 10.0 Å². The molecule has 0 aliphatic rings. The van der Waals surface area contributed by atoms with Gasteiger partial charge < -0.3 is 4.74 Å². The lowest BCUT2D eigenvalue weighted by molar-refractivity contribution is -0.142. The number of carbonyl (C=O) groups is 2. The summed E-state index contributed by atoms with van der Waals surface area (Å²) in [6.45, 7) is 1.97. The maximum absolute atomic E-state index is 12.4. The monoisotopic (exact) mass is 422 g/mol. The van der Waals surface area contributed by atoms with Crippen LogP contribution in [0.2, 0.25) is 0 Å². The van der Waals surface area contributed by atoms with Crippen molar-refractivity contribution in [3.63, 3.8) is 0 Å². The number of hydrogen-bond donors (Lipinski definition) is 2. The fourth-order valence-corrected chi connectivity index (χ4v) is 3.89. The summed E-state index contributed by atoms with van der Waals surface area (Å²) in [5, 5.41) is 13.0. The van der Waals surface area contributed by atoms with E-state index in [2.05, 4.69) is 15.0 Å². The number of nitriles is 1. The van der Waals surface area contributed by atoms with E-state index in [-0.39, 0.29) is 41.6 Å². The fraction of sp³-hybridized carbons (Fsp3) is 0.294. The second kappa shape index (κ2) is 9.93. The first-order valence-corrected chi connectivity index (χ1v) is 10.6. The number of nitrogens with zero attached hydrogens (tertiary/aromatic N) is 2. The molecule has 148 valence electrons. The summed E-state index contributed by atoms with van der Waals surface area (Å²) in [6.07, 6.45) is 0.0416. The van der Waals surface area contributed by atoms with E-state index in [1.165, 1.54) is 24.3 Å². The highest BCUT2D eigenvalue weighted by atomic mass is 32.2. The molecule has 2 aromatic rings. The summed E-state index contributed by atoms with van der Waals surface area (Å²) >= 11 is 1.14. The Balaban J connectivity index is 2.06. The number of hydrogen-bond acceptors (Lipinski definition) is 8. The van der Waals surface area contributed by atoms with Gasteiger partial charge in [0, 0.05) is 23.9 Å². The number of amides is 1. The van der Waals surface area contributed by atoms with Crippen LogP contribution in [0, 0.1) is 11.3 Å². The zero-order valence-electron chi connectivity index (χ0n) is 15.0. The number of thiazole rings is 1. The van der Waals surface area contributed by atoms with E-state index in [0.717, 1.165) is 11.3 Å². The van der Waals surface area contributed by atoms with Crippen molar-refractivity contribution in [3.8, 4) is 6.07 Å². The predicted molar refractivity (Wildman–Crippen MR) is 102 cm³/mol. The first kappa shape index (κ1) is 21.5. The Morgan fingerprint density at radius 3 is 2.86 bits per heavy atom. The normalized spacial score (nSPS) is 10.9. The van der Waals surface area contributed by atoms with E-state index in [0.29, 0.717) is 5.69 Å². The van der Waals surface area contributed by atoms with Gasteiger partial charge in [-0.05, 0) is 25.1 Å². The molecule has 0 radical (unpaired) electrons. The second-order valence-corrected chi connectivity index (χ2v) is 8.04. The van der Waals surface area contributed by atoms with Gasteiger partial charge in [0.15, 0.2) is 5.13 Å². The van der Waals surface area contributed by atoms with Crippen LogP contribution in [0.4, 0.5) is 5.13 Å². The van der Waals surface area contributed by atoms with Crippen molar-refractivity contribution in [2.75, 3.05) is 18.5 Å². The number of sulfonamides is 1. The third-order valence-electron chi connectivity index (χ3n) is 3.34. The Labute approximate surface area is 166 Å². The van der Waals surface area contributed by atoms with Crippen LogP contribution >= 0.6 is 11.3 Å². The standard InChI is InChI=1S/C17H18N4O5S2/c1-2-26-15(22)10-13-11-27-17(20-13)21-16(23)12-5-3-6-14(9-12)28(24,25)19-8-4-7-18/h3,5-6,9,11,19H,2,4,8,10H2,1H3,(H,20,21,23). The first-order chi connectivity index (χ1) is 13.4. The Morgan fingerprint density at radius 2 is 2.14 bits per heavy atom. The van der Waals surface area contributed by atoms with Gasteiger partial charge in [-0.3, -0.25) is 14.9 Å². The second-order valence-electron chi connectivity index (χ2n) is 5.41. The molecule has 0 unspecified atom stereocenters. The molecule has 0 bridgehead atoms. The van der Waals surface area contributed by atoms with Crippen molar-refractivity contribution in [1.82, 2.24) is 9.71 Å². The molecule has 1 aromatic heterocycles. The molecule has 11 heteroatoms. The highest BCUT2D eigenvalue weighted by Gasteiger charge is 2.17. The van der Waals surface area contributed by atoms with Gasteiger partial charge in [-0.1, -0.05) is 6.07 Å². The minimum Gasteiger partial charge on any atom is -0.466 e. The zero-order chi connectivity index (χ0) is 20.6. The molecule has 1 amide bonds. The SMILES string of the molecule is CCOC(=O)Cc1csc(NC(=O)c2cccc(S(=O)(=O)NCCC#N)c2)n1. The average molecular weight is 422 g/mol. The number of ether oxygens (including phenoxy) is 1. The molecule has 2 rings (SSSR count). The van der Waals surface area contributed by atoms with Crippen LogP contribution in [0.5, 0.6) is 0 Å². The molecule has 2 N–H and O–H groups in total. The van der Waals surface area contributed by atoms with E-state index in [9.17, 15) is 18.0 Å². The Kier molecular flexibility index (Phi) is 7.62. The van der Waals surface area contributed by atoms with Crippen molar-refractivity contribution in [1.29, 1.82) is 5.26 Å². The largest absolute Gasteiger partial charge is 0.466 e. The van der Waals surface area contributed by atoms with Crippen LogP contribution in [0.15, 0.2) is 34.5 Å². The van der Waals surface area contributed by atoms with Gasteiger partial charge in [0.2, 0.25) is 10.0 Å². The van der Waals surface area contributed by atoms with Gasteiger partial charge in [0.05, 0.1) is 29.7 Å². The fourth-order valence-electron chi connectivity index (χ4n) is 2.10. The average Bonchev–Trinajstić information content (AvgIpc) is 3.08. The minimum atomic E-state index is -3.82.